The number of hydrogen-bond donors (Lipinski definition) is 1. The van der Waals surface area contributed by atoms with Gasteiger partial charge in [-0.2, -0.15) is 0 Å². The van der Waals surface area contributed by atoms with Gasteiger partial charge in [0.2, 0.25) is 0 Å². The molecule has 4 aromatic rings. The third kappa shape index (κ3) is 3.23. The summed E-state index contributed by atoms with van der Waals surface area (Å²) in [5.41, 5.74) is 1.25. The van der Waals surface area contributed by atoms with E-state index < -0.39 is 0 Å². The van der Waals surface area contributed by atoms with Crippen LogP contribution < -0.4 is 10.9 Å². The van der Waals surface area contributed by atoms with Gasteiger partial charge in [-0.1, -0.05) is 24.3 Å². The lowest BCUT2D eigenvalue weighted by Gasteiger charge is -2.19. The first-order chi connectivity index (χ1) is 14.6. The standard InChI is InChI=1S/C24H24N4O2/c1-27-12-4-8-18(27)10-11-25-23(29)19-9-5-13-28-22(19)26-21-15-17-7-3-2-6-16(17)14-20(21)24(28)30/h2-3,5-7,9,13-15,18H,4,8,10-12H2,1H3,(H,25,29). The molecule has 2 aromatic heterocycles. The molecule has 1 saturated heterocycles. The zero-order chi connectivity index (χ0) is 20.7. The smallest absolute Gasteiger partial charge is 0.265 e. The molecule has 0 spiro atoms. The summed E-state index contributed by atoms with van der Waals surface area (Å²) < 4.78 is 1.47. The predicted molar refractivity (Wildman–Crippen MR) is 119 cm³/mol. The molecule has 1 atom stereocenters. The number of fused-ring (bicyclic) bond motifs is 3. The summed E-state index contributed by atoms with van der Waals surface area (Å²) in [6, 6.07) is 15.7. The average Bonchev–Trinajstić information content (AvgIpc) is 3.17. The van der Waals surface area contributed by atoms with E-state index in [2.05, 4.69) is 17.3 Å². The van der Waals surface area contributed by atoms with Crippen LogP contribution in [0.2, 0.25) is 0 Å². The van der Waals surface area contributed by atoms with E-state index in [0.717, 1.165) is 23.7 Å². The molecule has 1 aliphatic rings. The van der Waals surface area contributed by atoms with Crippen molar-refractivity contribution >= 4 is 33.2 Å². The highest BCUT2D eigenvalue weighted by Crippen LogP contribution is 2.21. The molecule has 6 nitrogen and oxygen atoms in total. The highest BCUT2D eigenvalue weighted by Gasteiger charge is 2.21. The summed E-state index contributed by atoms with van der Waals surface area (Å²) in [4.78, 5) is 33.1. The van der Waals surface area contributed by atoms with Gasteiger partial charge in [-0.05, 0) is 67.9 Å². The minimum atomic E-state index is -0.194. The van der Waals surface area contributed by atoms with Crippen LogP contribution in [0.15, 0.2) is 59.5 Å². The number of carbonyl (C=O) groups is 1. The highest BCUT2D eigenvalue weighted by molar-refractivity contribution is 6.02. The Balaban J connectivity index is 1.51. The van der Waals surface area contributed by atoms with E-state index in [-0.39, 0.29) is 11.5 Å². The lowest BCUT2D eigenvalue weighted by molar-refractivity contribution is 0.0951. The van der Waals surface area contributed by atoms with Crippen LogP contribution in [0, 0.1) is 0 Å². The number of benzene rings is 2. The molecule has 0 bridgehead atoms. The first-order valence-electron chi connectivity index (χ1n) is 10.4. The quantitative estimate of drug-likeness (QED) is 0.534. The molecule has 152 valence electrons. The maximum absolute atomic E-state index is 13.1. The Bertz CT molecular complexity index is 1330. The molecule has 3 heterocycles. The molecule has 30 heavy (non-hydrogen) atoms. The lowest BCUT2D eigenvalue weighted by Crippen LogP contribution is -2.32. The second-order valence-electron chi connectivity index (χ2n) is 8.07. The van der Waals surface area contributed by atoms with Gasteiger partial charge in [0.1, 0.15) is 0 Å². The molecule has 2 aromatic carbocycles. The second-order valence-corrected chi connectivity index (χ2v) is 8.07. The van der Waals surface area contributed by atoms with Crippen molar-refractivity contribution in [3.63, 3.8) is 0 Å². The Kier molecular flexibility index (Phi) is 4.71. The monoisotopic (exact) mass is 400 g/mol. The maximum atomic E-state index is 13.1. The van der Waals surface area contributed by atoms with Crippen molar-refractivity contribution < 1.29 is 4.79 Å². The van der Waals surface area contributed by atoms with Gasteiger partial charge in [-0.3, -0.25) is 14.0 Å². The predicted octanol–water partition coefficient (Wildman–Crippen LogP) is 3.22. The Morgan fingerprint density at radius 3 is 2.73 bits per heavy atom. The Labute approximate surface area is 174 Å². The zero-order valence-electron chi connectivity index (χ0n) is 17.0. The summed E-state index contributed by atoms with van der Waals surface area (Å²) in [6.45, 7) is 1.73. The third-order valence-electron chi connectivity index (χ3n) is 6.19. The van der Waals surface area contributed by atoms with Crippen LogP contribution in [0.1, 0.15) is 29.6 Å². The third-order valence-corrected chi connectivity index (χ3v) is 6.19. The summed E-state index contributed by atoms with van der Waals surface area (Å²) in [5.74, 6) is -0.194. The number of hydrogen-bond acceptors (Lipinski definition) is 4. The van der Waals surface area contributed by atoms with Crippen LogP contribution in [0.5, 0.6) is 0 Å². The van der Waals surface area contributed by atoms with Crippen molar-refractivity contribution in [2.45, 2.75) is 25.3 Å². The normalized spacial score (nSPS) is 17.2. The SMILES string of the molecule is CN1CCCC1CCNC(=O)c1cccn2c(=O)c3cc4ccccc4cc3nc12. The van der Waals surface area contributed by atoms with E-state index in [1.165, 1.54) is 17.2 Å². The fraction of sp³-hybridized carbons (Fsp3) is 0.292. The van der Waals surface area contributed by atoms with E-state index in [1.54, 1.807) is 18.3 Å². The van der Waals surface area contributed by atoms with Crippen molar-refractivity contribution in [1.29, 1.82) is 0 Å². The lowest BCUT2D eigenvalue weighted by atomic mass is 10.1. The van der Waals surface area contributed by atoms with Gasteiger partial charge in [-0.15, -0.1) is 0 Å². The molecule has 1 fully saturated rings. The van der Waals surface area contributed by atoms with Crippen LogP contribution >= 0.6 is 0 Å². The van der Waals surface area contributed by atoms with Gasteiger partial charge in [0.15, 0.2) is 5.65 Å². The molecular formula is C24H24N4O2. The number of aromatic nitrogens is 2. The fourth-order valence-electron chi connectivity index (χ4n) is 4.48. The van der Waals surface area contributed by atoms with E-state index in [1.807, 2.05) is 36.4 Å². The fourth-order valence-corrected chi connectivity index (χ4v) is 4.48. The minimum Gasteiger partial charge on any atom is -0.352 e. The van der Waals surface area contributed by atoms with Crippen molar-refractivity contribution in [3.8, 4) is 0 Å². The van der Waals surface area contributed by atoms with Crippen molar-refractivity contribution in [2.75, 3.05) is 20.1 Å². The highest BCUT2D eigenvalue weighted by atomic mass is 16.2. The van der Waals surface area contributed by atoms with Gasteiger partial charge in [0, 0.05) is 18.8 Å². The summed E-state index contributed by atoms with van der Waals surface area (Å²) in [6.07, 6.45) is 4.99. The number of pyridine rings is 1. The Hall–Kier alpha value is -3.25. The molecule has 1 aliphatic heterocycles. The summed E-state index contributed by atoms with van der Waals surface area (Å²) in [5, 5.41) is 5.58. The van der Waals surface area contributed by atoms with Crippen LogP contribution in [-0.2, 0) is 0 Å². The minimum absolute atomic E-state index is 0.164. The Morgan fingerprint density at radius 1 is 1.17 bits per heavy atom. The number of nitrogens with one attached hydrogen (secondary N) is 1. The van der Waals surface area contributed by atoms with E-state index in [9.17, 15) is 9.59 Å². The number of rotatable bonds is 4. The average molecular weight is 400 g/mol. The molecular weight excluding hydrogens is 376 g/mol. The number of carbonyl (C=O) groups excluding carboxylic acids is 1. The number of amides is 1. The summed E-state index contributed by atoms with van der Waals surface area (Å²) in [7, 11) is 2.13. The van der Waals surface area contributed by atoms with Crippen LogP contribution in [0.25, 0.3) is 27.3 Å². The number of likely N-dealkylation sites (tertiary alicyclic amines) is 1. The van der Waals surface area contributed by atoms with Crippen molar-refractivity contribution in [2.24, 2.45) is 0 Å². The van der Waals surface area contributed by atoms with Crippen molar-refractivity contribution in [1.82, 2.24) is 19.6 Å². The molecule has 0 aliphatic carbocycles. The van der Waals surface area contributed by atoms with Gasteiger partial charge >= 0.3 is 0 Å². The van der Waals surface area contributed by atoms with Crippen LogP contribution in [0.4, 0.5) is 0 Å². The first kappa shape index (κ1) is 18.8. The topological polar surface area (TPSA) is 66.7 Å². The maximum Gasteiger partial charge on any atom is 0.265 e. The Morgan fingerprint density at radius 2 is 1.97 bits per heavy atom. The van der Waals surface area contributed by atoms with Gasteiger partial charge < -0.3 is 10.2 Å². The molecule has 1 amide bonds. The number of nitrogens with zero attached hydrogens (tertiary/aromatic N) is 3. The summed E-state index contributed by atoms with van der Waals surface area (Å²) >= 11 is 0. The van der Waals surface area contributed by atoms with E-state index in [4.69, 9.17) is 4.98 Å². The van der Waals surface area contributed by atoms with Gasteiger partial charge in [-0.25, -0.2) is 4.98 Å². The van der Waals surface area contributed by atoms with E-state index in [0.29, 0.717) is 34.7 Å². The van der Waals surface area contributed by atoms with Gasteiger partial charge in [0.05, 0.1) is 16.5 Å². The molecule has 1 unspecified atom stereocenters. The van der Waals surface area contributed by atoms with Gasteiger partial charge in [0.25, 0.3) is 11.5 Å². The van der Waals surface area contributed by atoms with E-state index >= 15 is 0 Å². The van der Waals surface area contributed by atoms with Crippen LogP contribution in [0.3, 0.4) is 0 Å². The van der Waals surface area contributed by atoms with Crippen LogP contribution in [-0.4, -0.2) is 46.4 Å². The largest absolute Gasteiger partial charge is 0.352 e. The first-order valence-corrected chi connectivity index (χ1v) is 10.4. The zero-order valence-corrected chi connectivity index (χ0v) is 17.0. The molecule has 6 heteroatoms. The second kappa shape index (κ2) is 7.54. The van der Waals surface area contributed by atoms with Crippen molar-refractivity contribution in [3.05, 3.63) is 70.6 Å². The molecule has 1 N–H and O–H groups in total. The molecule has 0 saturated carbocycles. The molecule has 5 rings (SSSR count). The molecule has 0 radical (unpaired) electrons.